The van der Waals surface area contributed by atoms with Crippen molar-refractivity contribution < 1.29 is 13.9 Å². The van der Waals surface area contributed by atoms with Crippen LogP contribution in [-0.4, -0.2) is 35.7 Å². The maximum Gasteiger partial charge on any atom is 0.255 e. The molecule has 0 fully saturated rings. The first-order valence-corrected chi connectivity index (χ1v) is 7.78. The Hall–Kier alpha value is -2.74. The number of methoxy groups -OCH3 is 1. The van der Waals surface area contributed by atoms with Crippen LogP contribution in [0.25, 0.3) is 0 Å². The van der Waals surface area contributed by atoms with Crippen LogP contribution in [0.3, 0.4) is 0 Å². The lowest BCUT2D eigenvalue weighted by atomic mass is 10.2. The summed E-state index contributed by atoms with van der Waals surface area (Å²) in [5.74, 6) is -0.432. The van der Waals surface area contributed by atoms with Crippen molar-refractivity contribution in [1.82, 2.24) is 14.9 Å². The normalized spacial score (nSPS) is 10.6. The summed E-state index contributed by atoms with van der Waals surface area (Å²) in [6, 6.07) is 5.82. The molecule has 1 aromatic carbocycles. The molecule has 1 amide bonds. The number of aromatic nitrogens is 2. The molecule has 0 aliphatic rings. The van der Waals surface area contributed by atoms with Gasteiger partial charge in [-0.3, -0.25) is 14.2 Å². The molecule has 8 heteroatoms. The van der Waals surface area contributed by atoms with Gasteiger partial charge in [-0.2, -0.15) is 0 Å². The molecule has 0 bridgehead atoms. The van der Waals surface area contributed by atoms with Crippen LogP contribution in [-0.2, 0) is 16.1 Å². The Morgan fingerprint density at radius 3 is 2.76 bits per heavy atom. The van der Waals surface area contributed by atoms with Crippen LogP contribution >= 0.6 is 0 Å². The van der Waals surface area contributed by atoms with E-state index in [1.165, 1.54) is 23.8 Å². The van der Waals surface area contributed by atoms with Crippen molar-refractivity contribution in [3.05, 3.63) is 51.7 Å². The SMILES string of the molecule is COCCNC(=O)Cn1c(Nc2ccc(F)c(C)c2)nc(C)cc1=O. The van der Waals surface area contributed by atoms with Gasteiger partial charge in [-0.1, -0.05) is 0 Å². The van der Waals surface area contributed by atoms with Gasteiger partial charge in [0, 0.05) is 31.1 Å². The Bertz CT molecular complexity index is 820. The van der Waals surface area contributed by atoms with Gasteiger partial charge in [-0.25, -0.2) is 9.37 Å². The monoisotopic (exact) mass is 348 g/mol. The number of halogens is 1. The number of hydrogen-bond acceptors (Lipinski definition) is 5. The summed E-state index contributed by atoms with van der Waals surface area (Å²) in [4.78, 5) is 28.5. The zero-order chi connectivity index (χ0) is 18.4. The highest BCUT2D eigenvalue weighted by Crippen LogP contribution is 2.17. The maximum atomic E-state index is 13.4. The van der Waals surface area contributed by atoms with Crippen LogP contribution in [0.5, 0.6) is 0 Å². The van der Waals surface area contributed by atoms with Crippen LogP contribution in [0, 0.1) is 19.7 Å². The number of hydrogen-bond donors (Lipinski definition) is 2. The molecule has 0 aliphatic carbocycles. The highest BCUT2D eigenvalue weighted by Gasteiger charge is 2.12. The van der Waals surface area contributed by atoms with E-state index in [2.05, 4.69) is 15.6 Å². The molecule has 0 spiro atoms. The van der Waals surface area contributed by atoms with E-state index in [9.17, 15) is 14.0 Å². The van der Waals surface area contributed by atoms with Crippen molar-refractivity contribution in [2.24, 2.45) is 0 Å². The topological polar surface area (TPSA) is 85.2 Å². The van der Waals surface area contributed by atoms with Gasteiger partial charge in [-0.15, -0.1) is 0 Å². The molecule has 0 atom stereocenters. The lowest BCUT2D eigenvalue weighted by molar-refractivity contribution is -0.121. The Balaban J connectivity index is 2.25. The third kappa shape index (κ3) is 5.12. The number of nitrogens with zero attached hydrogens (tertiary/aromatic N) is 2. The van der Waals surface area contributed by atoms with Crippen LogP contribution in [0.15, 0.2) is 29.1 Å². The quantitative estimate of drug-likeness (QED) is 0.741. The molecule has 2 aromatic rings. The first kappa shape index (κ1) is 18.6. The average Bonchev–Trinajstić information content (AvgIpc) is 2.54. The maximum absolute atomic E-state index is 13.4. The predicted octanol–water partition coefficient (Wildman–Crippen LogP) is 1.51. The van der Waals surface area contributed by atoms with Crippen LogP contribution in [0.2, 0.25) is 0 Å². The van der Waals surface area contributed by atoms with Crippen molar-refractivity contribution in [1.29, 1.82) is 0 Å². The van der Waals surface area contributed by atoms with Gasteiger partial charge < -0.3 is 15.4 Å². The zero-order valence-corrected chi connectivity index (χ0v) is 14.4. The molecule has 1 aromatic heterocycles. The summed E-state index contributed by atoms with van der Waals surface area (Å²) in [5.41, 5.74) is 1.20. The minimum atomic E-state index is -0.351. The Labute approximate surface area is 144 Å². The van der Waals surface area contributed by atoms with E-state index in [4.69, 9.17) is 4.74 Å². The molecule has 1 heterocycles. The molecule has 0 unspecified atom stereocenters. The lowest BCUT2D eigenvalue weighted by Crippen LogP contribution is -2.35. The number of nitrogens with one attached hydrogen (secondary N) is 2. The molecule has 0 aliphatic heterocycles. The molecule has 7 nitrogen and oxygen atoms in total. The van der Waals surface area contributed by atoms with Crippen molar-refractivity contribution in [2.75, 3.05) is 25.6 Å². The number of rotatable bonds is 7. The van der Waals surface area contributed by atoms with Crippen molar-refractivity contribution >= 4 is 17.5 Å². The van der Waals surface area contributed by atoms with E-state index in [-0.39, 0.29) is 29.8 Å². The minimum Gasteiger partial charge on any atom is -0.383 e. The van der Waals surface area contributed by atoms with E-state index < -0.39 is 0 Å². The fourth-order valence-electron chi connectivity index (χ4n) is 2.21. The van der Waals surface area contributed by atoms with E-state index in [1.807, 2.05) is 0 Å². The summed E-state index contributed by atoms with van der Waals surface area (Å²) < 4.78 is 19.5. The van der Waals surface area contributed by atoms with Crippen molar-refractivity contribution in [3.63, 3.8) is 0 Å². The standard InChI is InChI=1S/C17H21FN4O3/c1-11-8-13(4-5-14(11)18)21-17-20-12(2)9-16(24)22(17)10-15(23)19-6-7-25-3/h4-5,8-9H,6-7,10H2,1-3H3,(H,19,23)(H,20,21). The smallest absolute Gasteiger partial charge is 0.255 e. The second-order valence-corrected chi connectivity index (χ2v) is 5.58. The number of carbonyl (C=O) groups excluding carboxylic acids is 1. The van der Waals surface area contributed by atoms with Crippen LogP contribution in [0.1, 0.15) is 11.3 Å². The molecular formula is C17H21FN4O3. The molecule has 25 heavy (non-hydrogen) atoms. The predicted molar refractivity (Wildman–Crippen MR) is 92.5 cm³/mol. The largest absolute Gasteiger partial charge is 0.383 e. The van der Waals surface area contributed by atoms with Gasteiger partial charge in [0.25, 0.3) is 5.56 Å². The Morgan fingerprint density at radius 1 is 1.32 bits per heavy atom. The van der Waals surface area contributed by atoms with Gasteiger partial charge in [0.1, 0.15) is 12.4 Å². The summed E-state index contributed by atoms with van der Waals surface area (Å²) in [6.45, 7) is 3.88. The number of carbonyl (C=O) groups is 1. The molecule has 0 saturated heterocycles. The van der Waals surface area contributed by atoms with Crippen LogP contribution in [0.4, 0.5) is 16.0 Å². The molecule has 134 valence electrons. The van der Waals surface area contributed by atoms with E-state index in [0.29, 0.717) is 30.1 Å². The summed E-state index contributed by atoms with van der Waals surface area (Å²) >= 11 is 0. The molecule has 0 saturated carbocycles. The zero-order valence-electron chi connectivity index (χ0n) is 14.4. The highest BCUT2D eigenvalue weighted by molar-refractivity contribution is 5.76. The molecule has 2 N–H and O–H groups in total. The van der Waals surface area contributed by atoms with Gasteiger partial charge in [0.2, 0.25) is 11.9 Å². The van der Waals surface area contributed by atoms with Crippen molar-refractivity contribution in [3.8, 4) is 0 Å². The number of benzene rings is 1. The molecule has 2 rings (SSSR count). The third-order valence-corrected chi connectivity index (χ3v) is 3.48. The molecule has 0 radical (unpaired) electrons. The number of aryl methyl sites for hydroxylation is 2. The fraction of sp³-hybridized carbons (Fsp3) is 0.353. The second kappa shape index (κ2) is 8.39. The third-order valence-electron chi connectivity index (χ3n) is 3.48. The minimum absolute atomic E-state index is 0.182. The molecular weight excluding hydrogens is 327 g/mol. The van der Waals surface area contributed by atoms with Crippen LogP contribution < -0.4 is 16.2 Å². The number of amides is 1. The second-order valence-electron chi connectivity index (χ2n) is 5.58. The van der Waals surface area contributed by atoms with Gasteiger partial charge in [0.05, 0.1) is 6.61 Å². The van der Waals surface area contributed by atoms with Gasteiger partial charge in [-0.05, 0) is 37.6 Å². The highest BCUT2D eigenvalue weighted by atomic mass is 19.1. The lowest BCUT2D eigenvalue weighted by Gasteiger charge is -2.14. The first-order valence-electron chi connectivity index (χ1n) is 7.78. The number of ether oxygens (including phenoxy) is 1. The van der Waals surface area contributed by atoms with E-state index >= 15 is 0 Å². The number of anilines is 2. The Morgan fingerprint density at radius 2 is 2.08 bits per heavy atom. The van der Waals surface area contributed by atoms with Crippen molar-refractivity contribution in [2.45, 2.75) is 20.4 Å². The van der Waals surface area contributed by atoms with Gasteiger partial charge >= 0.3 is 0 Å². The van der Waals surface area contributed by atoms with Gasteiger partial charge in [0.15, 0.2) is 0 Å². The Kier molecular flexibility index (Phi) is 6.24. The van der Waals surface area contributed by atoms with E-state index in [1.54, 1.807) is 26.0 Å². The first-order chi connectivity index (χ1) is 11.9. The fourth-order valence-corrected chi connectivity index (χ4v) is 2.21. The summed E-state index contributed by atoms with van der Waals surface area (Å²) in [6.07, 6.45) is 0. The summed E-state index contributed by atoms with van der Waals surface area (Å²) in [7, 11) is 1.53. The summed E-state index contributed by atoms with van der Waals surface area (Å²) in [5, 5.41) is 5.63. The average molecular weight is 348 g/mol. The van der Waals surface area contributed by atoms with E-state index in [0.717, 1.165) is 0 Å².